The van der Waals surface area contributed by atoms with Gasteiger partial charge < -0.3 is 20.3 Å². The van der Waals surface area contributed by atoms with Crippen molar-refractivity contribution in [3.63, 3.8) is 0 Å². The Labute approximate surface area is 191 Å². The Kier molecular flexibility index (Phi) is 6.60. The van der Waals surface area contributed by atoms with Crippen LogP contribution in [-0.2, 0) is 6.54 Å². The van der Waals surface area contributed by atoms with Crippen molar-refractivity contribution in [2.45, 2.75) is 39.3 Å². The number of fused-ring (bicyclic) bond motifs is 1. The predicted octanol–water partition coefficient (Wildman–Crippen LogP) is 3.55. The van der Waals surface area contributed by atoms with Gasteiger partial charge in [-0.2, -0.15) is 4.57 Å². The van der Waals surface area contributed by atoms with Crippen molar-refractivity contribution in [3.8, 4) is 11.5 Å². The summed E-state index contributed by atoms with van der Waals surface area (Å²) in [5.74, 6) is 1.25. The molecule has 4 rings (SSSR count). The molecule has 0 aliphatic carbocycles. The number of anilines is 1. The van der Waals surface area contributed by atoms with Gasteiger partial charge in [-0.1, -0.05) is 12.1 Å². The molecule has 0 atom stereocenters. The summed E-state index contributed by atoms with van der Waals surface area (Å²) in [4.78, 5) is 26.9. The number of rotatable bonds is 7. The first-order valence-corrected chi connectivity index (χ1v) is 11.3. The maximum atomic E-state index is 12.9. The summed E-state index contributed by atoms with van der Waals surface area (Å²) in [6.45, 7) is 7.14. The number of piperidine rings is 1. The van der Waals surface area contributed by atoms with Crippen LogP contribution in [0.5, 0.6) is 11.5 Å². The zero-order chi connectivity index (χ0) is 23.5. The number of nitrogen functional groups attached to an aromatic ring is 1. The van der Waals surface area contributed by atoms with Crippen molar-refractivity contribution in [2.75, 3.05) is 32.0 Å². The molecule has 1 saturated heterocycles. The number of para-hydroxylation sites is 2. The molecule has 0 amide bonds. The molecule has 0 radical (unpaired) electrons. The first-order chi connectivity index (χ1) is 15.9. The minimum atomic E-state index is -1.26. The fourth-order valence-corrected chi connectivity index (χ4v) is 4.60. The molecule has 1 aromatic heterocycles. The van der Waals surface area contributed by atoms with Crippen molar-refractivity contribution in [1.82, 2.24) is 14.0 Å². The quantitative estimate of drug-likeness (QED) is 0.525. The topological polar surface area (TPSA) is 112 Å². The molecule has 1 aliphatic rings. The zero-order valence-electron chi connectivity index (χ0n) is 19.0. The average Bonchev–Trinajstić information content (AvgIpc) is 3.09. The molecular weight excluding hydrogens is 424 g/mol. The fraction of sp³-hybridized carbons (Fsp3) is 0.417. The van der Waals surface area contributed by atoms with Crippen LogP contribution in [0.1, 0.15) is 38.3 Å². The van der Waals surface area contributed by atoms with E-state index in [0.29, 0.717) is 48.0 Å². The van der Waals surface area contributed by atoms with Gasteiger partial charge in [-0.25, -0.2) is 9.59 Å². The van der Waals surface area contributed by atoms with Crippen molar-refractivity contribution < 1.29 is 19.4 Å². The van der Waals surface area contributed by atoms with E-state index in [0.717, 1.165) is 36.1 Å². The lowest BCUT2D eigenvalue weighted by Gasteiger charge is -2.32. The Morgan fingerprint density at radius 2 is 1.64 bits per heavy atom. The molecule has 0 bridgehead atoms. The Balaban J connectivity index is 1.52. The van der Waals surface area contributed by atoms with E-state index in [1.165, 1.54) is 0 Å². The molecule has 0 unspecified atom stereocenters. The van der Waals surface area contributed by atoms with Crippen LogP contribution < -0.4 is 20.9 Å². The van der Waals surface area contributed by atoms with E-state index in [1.54, 1.807) is 22.8 Å². The lowest BCUT2D eigenvalue weighted by molar-refractivity contribution is 0.177. The van der Waals surface area contributed by atoms with E-state index < -0.39 is 11.8 Å². The summed E-state index contributed by atoms with van der Waals surface area (Å²) >= 11 is 0. The third kappa shape index (κ3) is 4.41. The largest absolute Gasteiger partial charge is 0.492 e. The fourth-order valence-electron chi connectivity index (χ4n) is 4.60. The second-order valence-electron chi connectivity index (χ2n) is 8.14. The number of carboxylic acid groups (broad SMARTS) is 1. The van der Waals surface area contributed by atoms with E-state index in [2.05, 4.69) is 4.90 Å². The highest BCUT2D eigenvalue weighted by molar-refractivity contribution is 5.86. The van der Waals surface area contributed by atoms with Gasteiger partial charge in [0.1, 0.15) is 17.2 Å². The predicted molar refractivity (Wildman–Crippen MR) is 126 cm³/mol. The van der Waals surface area contributed by atoms with Crippen LogP contribution in [0.3, 0.4) is 0 Å². The molecule has 0 spiro atoms. The monoisotopic (exact) mass is 454 g/mol. The maximum absolute atomic E-state index is 12.9. The molecule has 2 aromatic carbocycles. The average molecular weight is 455 g/mol. The molecular formula is C24H30N4O5. The number of ether oxygens (including phenoxy) is 2. The van der Waals surface area contributed by atoms with E-state index in [-0.39, 0.29) is 6.04 Å². The number of aromatic nitrogens is 2. The van der Waals surface area contributed by atoms with Crippen LogP contribution in [0.25, 0.3) is 11.0 Å². The summed E-state index contributed by atoms with van der Waals surface area (Å²) in [6, 6.07) is 10.9. The number of imidazole rings is 1. The second-order valence-corrected chi connectivity index (χ2v) is 8.14. The van der Waals surface area contributed by atoms with Gasteiger partial charge in [0.2, 0.25) is 0 Å². The summed E-state index contributed by atoms with van der Waals surface area (Å²) in [6.07, 6.45) is 0.240. The summed E-state index contributed by atoms with van der Waals surface area (Å²) in [5, 5.41) is 9.53. The number of nitrogens with zero attached hydrogens (tertiary/aromatic N) is 3. The Bertz CT molecular complexity index is 1180. The first-order valence-electron chi connectivity index (χ1n) is 11.3. The normalized spacial score (nSPS) is 15.1. The number of carbonyl (C=O) groups is 1. The van der Waals surface area contributed by atoms with Gasteiger partial charge in [-0.15, -0.1) is 0 Å². The molecule has 1 fully saturated rings. The third-order valence-corrected chi connectivity index (χ3v) is 6.06. The van der Waals surface area contributed by atoms with Gasteiger partial charge in [0.05, 0.1) is 24.2 Å². The van der Waals surface area contributed by atoms with Gasteiger partial charge in [-0.3, -0.25) is 9.47 Å². The Morgan fingerprint density at radius 3 is 2.18 bits per heavy atom. The molecule has 176 valence electrons. The molecule has 0 saturated carbocycles. The first kappa shape index (κ1) is 22.7. The SMILES string of the molecule is CCOc1cc(CN2CCC(n3c(=O)n(C(=O)O)c4ccccc43)CC2)cc(OCC)c1N. The van der Waals surface area contributed by atoms with Crippen LogP contribution >= 0.6 is 0 Å². The number of benzene rings is 2. The maximum Gasteiger partial charge on any atom is 0.420 e. The third-order valence-electron chi connectivity index (χ3n) is 6.06. The molecule has 1 aliphatic heterocycles. The second kappa shape index (κ2) is 9.58. The molecule has 2 heterocycles. The molecule has 33 heavy (non-hydrogen) atoms. The van der Waals surface area contributed by atoms with Crippen molar-refractivity contribution in [2.24, 2.45) is 0 Å². The smallest absolute Gasteiger partial charge is 0.420 e. The lowest BCUT2D eigenvalue weighted by atomic mass is 10.0. The van der Waals surface area contributed by atoms with Crippen LogP contribution in [-0.4, -0.2) is 51.5 Å². The highest BCUT2D eigenvalue weighted by Gasteiger charge is 2.27. The van der Waals surface area contributed by atoms with Crippen molar-refractivity contribution >= 4 is 22.8 Å². The standard InChI is InChI=1S/C24H30N4O5/c1-3-32-20-13-16(14-21(22(20)25)33-4-2)15-26-11-9-17(10-12-26)27-18-7-5-6-8-19(18)28(23(27)29)24(30)31/h5-8,13-14,17H,3-4,9-12,15,25H2,1-2H3,(H,30,31). The van der Waals surface area contributed by atoms with Crippen LogP contribution in [0.4, 0.5) is 10.5 Å². The number of hydrogen-bond acceptors (Lipinski definition) is 6. The number of likely N-dealkylation sites (tertiary alicyclic amines) is 1. The summed E-state index contributed by atoms with van der Waals surface area (Å²) in [5.41, 5.74) is 8.33. The Hall–Kier alpha value is -3.46. The number of hydrogen-bond donors (Lipinski definition) is 2. The summed E-state index contributed by atoms with van der Waals surface area (Å²) in [7, 11) is 0. The number of nitrogens with two attached hydrogens (primary N) is 1. The highest BCUT2D eigenvalue weighted by Crippen LogP contribution is 2.35. The molecule has 9 nitrogen and oxygen atoms in total. The molecule has 3 N–H and O–H groups in total. The minimum Gasteiger partial charge on any atom is -0.492 e. The summed E-state index contributed by atoms with van der Waals surface area (Å²) < 4.78 is 13.9. The highest BCUT2D eigenvalue weighted by atomic mass is 16.5. The van der Waals surface area contributed by atoms with Crippen LogP contribution in [0, 0.1) is 0 Å². The van der Waals surface area contributed by atoms with E-state index in [1.807, 2.05) is 32.0 Å². The van der Waals surface area contributed by atoms with Crippen molar-refractivity contribution in [1.29, 1.82) is 0 Å². The Morgan fingerprint density at radius 1 is 1.06 bits per heavy atom. The van der Waals surface area contributed by atoms with Crippen LogP contribution in [0.15, 0.2) is 41.2 Å². The minimum absolute atomic E-state index is 0.0522. The van der Waals surface area contributed by atoms with Crippen LogP contribution in [0.2, 0.25) is 0 Å². The van der Waals surface area contributed by atoms with Gasteiger partial charge >= 0.3 is 11.8 Å². The van der Waals surface area contributed by atoms with Gasteiger partial charge in [0.25, 0.3) is 0 Å². The van der Waals surface area contributed by atoms with E-state index >= 15 is 0 Å². The van der Waals surface area contributed by atoms with E-state index in [4.69, 9.17) is 15.2 Å². The van der Waals surface area contributed by atoms with Gasteiger partial charge in [-0.05, 0) is 56.5 Å². The van der Waals surface area contributed by atoms with E-state index in [9.17, 15) is 14.7 Å². The van der Waals surface area contributed by atoms with Crippen molar-refractivity contribution in [3.05, 3.63) is 52.4 Å². The lowest BCUT2D eigenvalue weighted by Crippen LogP contribution is -2.38. The van der Waals surface area contributed by atoms with Gasteiger partial charge in [0, 0.05) is 25.7 Å². The molecule has 9 heteroatoms. The van der Waals surface area contributed by atoms with Gasteiger partial charge in [0.15, 0.2) is 0 Å². The zero-order valence-corrected chi connectivity index (χ0v) is 19.0. The molecule has 3 aromatic rings.